The van der Waals surface area contributed by atoms with E-state index in [-0.39, 0.29) is 12.5 Å². The van der Waals surface area contributed by atoms with Crippen molar-refractivity contribution in [3.63, 3.8) is 0 Å². The summed E-state index contributed by atoms with van der Waals surface area (Å²) in [6, 6.07) is 6.39. The fourth-order valence-electron chi connectivity index (χ4n) is 2.11. The Balaban J connectivity index is 2.08. The largest absolute Gasteiger partial charge is 0.491 e. The Hall–Kier alpha value is -1.55. The molecule has 1 fully saturated rings. The summed E-state index contributed by atoms with van der Waals surface area (Å²) in [4.78, 5) is 11.7. The molecule has 1 aromatic rings. The van der Waals surface area contributed by atoms with Crippen LogP contribution in [0, 0.1) is 13.8 Å². The van der Waals surface area contributed by atoms with Gasteiger partial charge in [0, 0.05) is 6.04 Å². The van der Waals surface area contributed by atoms with E-state index in [1.165, 1.54) is 0 Å². The van der Waals surface area contributed by atoms with Crippen molar-refractivity contribution in [2.24, 2.45) is 5.73 Å². The van der Waals surface area contributed by atoms with E-state index in [9.17, 15) is 4.79 Å². The maximum Gasteiger partial charge on any atom is 0.240 e. The van der Waals surface area contributed by atoms with Crippen molar-refractivity contribution in [1.82, 2.24) is 5.32 Å². The van der Waals surface area contributed by atoms with Crippen LogP contribution in [0.4, 0.5) is 0 Å². The molecule has 1 unspecified atom stereocenters. The molecule has 0 heterocycles. The fraction of sp³-hybridized carbons (Fsp3) is 0.533. The van der Waals surface area contributed by atoms with Crippen molar-refractivity contribution >= 4 is 5.91 Å². The third-order valence-corrected chi connectivity index (χ3v) is 3.56. The second kappa shape index (κ2) is 5.21. The van der Waals surface area contributed by atoms with E-state index in [1.54, 1.807) is 6.92 Å². The van der Waals surface area contributed by atoms with Crippen LogP contribution in [0.25, 0.3) is 0 Å². The van der Waals surface area contributed by atoms with Gasteiger partial charge in [-0.3, -0.25) is 10.1 Å². The molecule has 1 aliphatic rings. The molecular weight excluding hydrogens is 240 g/mol. The normalized spacial score (nSPS) is 17.8. The molecule has 1 amide bonds. The highest BCUT2D eigenvalue weighted by Crippen LogP contribution is 2.26. The Labute approximate surface area is 114 Å². The quantitative estimate of drug-likeness (QED) is 0.819. The summed E-state index contributed by atoms with van der Waals surface area (Å²) in [5.74, 6) is 0.471. The fourth-order valence-corrected chi connectivity index (χ4v) is 2.11. The molecule has 1 saturated carbocycles. The minimum atomic E-state index is -0.810. The number of aryl methyl sites for hydroxylation is 2. The molecule has 4 heteroatoms. The van der Waals surface area contributed by atoms with Gasteiger partial charge in [0.05, 0.1) is 0 Å². The monoisotopic (exact) mass is 262 g/mol. The topological polar surface area (TPSA) is 64.3 Å². The van der Waals surface area contributed by atoms with Crippen LogP contribution in [0.5, 0.6) is 5.75 Å². The third kappa shape index (κ3) is 3.26. The first-order valence-corrected chi connectivity index (χ1v) is 6.69. The molecule has 1 aromatic carbocycles. The third-order valence-electron chi connectivity index (χ3n) is 3.56. The van der Waals surface area contributed by atoms with Crippen LogP contribution in [0.2, 0.25) is 0 Å². The van der Waals surface area contributed by atoms with Gasteiger partial charge in [-0.15, -0.1) is 0 Å². The van der Waals surface area contributed by atoms with Crippen molar-refractivity contribution in [1.29, 1.82) is 0 Å². The molecule has 0 aromatic heterocycles. The van der Waals surface area contributed by atoms with Crippen LogP contribution in [0.1, 0.15) is 30.9 Å². The number of para-hydroxylation sites is 1. The molecule has 0 spiro atoms. The minimum Gasteiger partial charge on any atom is -0.491 e. The summed E-state index contributed by atoms with van der Waals surface area (Å²) in [5.41, 5.74) is 6.83. The van der Waals surface area contributed by atoms with E-state index in [0.717, 1.165) is 29.7 Å². The zero-order chi connectivity index (χ0) is 14.0. The summed E-state index contributed by atoms with van der Waals surface area (Å²) < 4.78 is 5.86. The molecule has 0 bridgehead atoms. The molecule has 19 heavy (non-hydrogen) atoms. The molecule has 0 saturated heterocycles. The van der Waals surface area contributed by atoms with Crippen LogP contribution in [-0.2, 0) is 4.79 Å². The van der Waals surface area contributed by atoms with Gasteiger partial charge in [0.15, 0.2) is 0 Å². The zero-order valence-electron chi connectivity index (χ0n) is 11.8. The second-order valence-electron chi connectivity index (χ2n) is 5.62. The summed E-state index contributed by atoms with van der Waals surface area (Å²) in [6.07, 6.45) is 2.21. The highest BCUT2D eigenvalue weighted by molar-refractivity contribution is 5.84. The van der Waals surface area contributed by atoms with Crippen molar-refractivity contribution in [2.45, 2.75) is 45.2 Å². The number of primary amides is 1. The van der Waals surface area contributed by atoms with E-state index in [4.69, 9.17) is 10.5 Å². The van der Waals surface area contributed by atoms with Gasteiger partial charge >= 0.3 is 0 Å². The van der Waals surface area contributed by atoms with Gasteiger partial charge < -0.3 is 10.5 Å². The number of carbonyl (C=O) groups is 1. The summed E-state index contributed by atoms with van der Waals surface area (Å²) in [5, 5.41) is 3.28. The number of benzene rings is 1. The lowest BCUT2D eigenvalue weighted by Gasteiger charge is -2.28. The van der Waals surface area contributed by atoms with Crippen molar-refractivity contribution in [3.05, 3.63) is 29.3 Å². The highest BCUT2D eigenvalue weighted by Gasteiger charge is 2.38. The van der Waals surface area contributed by atoms with Gasteiger partial charge in [-0.2, -0.15) is 0 Å². The molecule has 0 radical (unpaired) electrons. The molecule has 1 atom stereocenters. The predicted molar refractivity (Wildman–Crippen MR) is 75.2 cm³/mol. The number of nitrogens with two attached hydrogens (primary N) is 1. The first-order chi connectivity index (χ1) is 8.92. The SMILES string of the molecule is Cc1cccc(C)c1OCC(C)(NC1CC1)C(N)=O. The van der Waals surface area contributed by atoms with Crippen molar-refractivity contribution in [3.8, 4) is 5.75 Å². The van der Waals surface area contributed by atoms with Gasteiger partial charge in [-0.1, -0.05) is 18.2 Å². The highest BCUT2D eigenvalue weighted by atomic mass is 16.5. The lowest BCUT2D eigenvalue weighted by Crippen LogP contribution is -2.57. The molecule has 0 aliphatic heterocycles. The number of ether oxygens (including phenoxy) is 1. The first kappa shape index (κ1) is 13.9. The van der Waals surface area contributed by atoms with Crippen molar-refractivity contribution < 1.29 is 9.53 Å². The Morgan fingerprint density at radius 2 is 2.00 bits per heavy atom. The van der Waals surface area contributed by atoms with Gasteiger partial charge in [0.2, 0.25) is 5.91 Å². The lowest BCUT2D eigenvalue weighted by molar-refractivity contribution is -0.125. The Kier molecular flexibility index (Phi) is 3.80. The minimum absolute atomic E-state index is 0.254. The number of carbonyl (C=O) groups excluding carboxylic acids is 1. The van der Waals surface area contributed by atoms with Crippen LogP contribution < -0.4 is 15.8 Å². The number of rotatable bonds is 6. The van der Waals surface area contributed by atoms with Crippen LogP contribution in [0.3, 0.4) is 0 Å². The number of hydrogen-bond acceptors (Lipinski definition) is 3. The molecule has 104 valence electrons. The van der Waals surface area contributed by atoms with Gasteiger partial charge in [-0.25, -0.2) is 0 Å². The molecule has 4 nitrogen and oxygen atoms in total. The van der Waals surface area contributed by atoms with Crippen LogP contribution in [0.15, 0.2) is 18.2 Å². The molecular formula is C15H22N2O2. The zero-order valence-corrected chi connectivity index (χ0v) is 11.8. The van der Waals surface area contributed by atoms with Gasteiger partial charge in [-0.05, 0) is 44.7 Å². The van der Waals surface area contributed by atoms with Crippen LogP contribution >= 0.6 is 0 Å². The van der Waals surface area contributed by atoms with Gasteiger partial charge in [0.1, 0.15) is 17.9 Å². The van der Waals surface area contributed by atoms with Crippen molar-refractivity contribution in [2.75, 3.05) is 6.61 Å². The summed E-state index contributed by atoms with van der Waals surface area (Å²) in [6.45, 7) is 6.06. The van der Waals surface area contributed by atoms with Crippen LogP contribution in [-0.4, -0.2) is 24.1 Å². The van der Waals surface area contributed by atoms with E-state index < -0.39 is 5.54 Å². The lowest BCUT2D eigenvalue weighted by atomic mass is 10.0. The summed E-state index contributed by atoms with van der Waals surface area (Å²) >= 11 is 0. The average Bonchev–Trinajstić information content (AvgIpc) is 3.12. The summed E-state index contributed by atoms with van der Waals surface area (Å²) in [7, 11) is 0. The molecule has 1 aliphatic carbocycles. The number of amides is 1. The molecule has 3 N–H and O–H groups in total. The van der Waals surface area contributed by atoms with E-state index in [1.807, 2.05) is 32.0 Å². The van der Waals surface area contributed by atoms with Gasteiger partial charge in [0.25, 0.3) is 0 Å². The van der Waals surface area contributed by atoms with E-state index in [0.29, 0.717) is 6.04 Å². The maximum absolute atomic E-state index is 11.7. The van der Waals surface area contributed by atoms with E-state index in [2.05, 4.69) is 5.32 Å². The predicted octanol–water partition coefficient (Wildman–Crippen LogP) is 1.68. The maximum atomic E-state index is 11.7. The Morgan fingerprint density at radius 3 is 2.47 bits per heavy atom. The number of hydrogen-bond donors (Lipinski definition) is 2. The average molecular weight is 262 g/mol. The first-order valence-electron chi connectivity index (χ1n) is 6.69. The Bertz CT molecular complexity index is 463. The second-order valence-corrected chi connectivity index (χ2v) is 5.62. The standard InChI is InChI=1S/C15H22N2O2/c1-10-5-4-6-11(2)13(10)19-9-15(3,14(16)18)17-12-7-8-12/h4-6,12,17H,7-9H2,1-3H3,(H2,16,18). The smallest absolute Gasteiger partial charge is 0.240 e. The van der Waals surface area contributed by atoms with E-state index >= 15 is 0 Å². The molecule has 2 rings (SSSR count). The Morgan fingerprint density at radius 1 is 1.42 bits per heavy atom. The number of nitrogens with one attached hydrogen (secondary N) is 1.